The van der Waals surface area contributed by atoms with Crippen molar-refractivity contribution in [3.8, 4) is 0 Å². The molecular formula is C14H16N4. The van der Waals surface area contributed by atoms with Gasteiger partial charge in [-0.1, -0.05) is 19.8 Å². The van der Waals surface area contributed by atoms with Crippen LogP contribution >= 0.6 is 0 Å². The van der Waals surface area contributed by atoms with Crippen molar-refractivity contribution in [3.63, 3.8) is 0 Å². The Kier molecular flexibility index (Phi) is 2.92. The molecule has 0 aliphatic rings. The Labute approximate surface area is 105 Å². The SMILES string of the molecule is CCCCCc1nc2c(ccc3cncnc32)[nH]1. The van der Waals surface area contributed by atoms with Gasteiger partial charge in [0.25, 0.3) is 0 Å². The monoisotopic (exact) mass is 240 g/mol. The number of H-pyrrole nitrogens is 1. The van der Waals surface area contributed by atoms with Crippen LogP contribution in [0.2, 0.25) is 0 Å². The lowest BCUT2D eigenvalue weighted by molar-refractivity contribution is 0.700. The van der Waals surface area contributed by atoms with Gasteiger partial charge < -0.3 is 4.98 Å². The highest BCUT2D eigenvalue weighted by atomic mass is 14.9. The fourth-order valence-electron chi connectivity index (χ4n) is 2.23. The average molecular weight is 240 g/mol. The van der Waals surface area contributed by atoms with E-state index in [1.54, 1.807) is 6.33 Å². The van der Waals surface area contributed by atoms with E-state index >= 15 is 0 Å². The summed E-state index contributed by atoms with van der Waals surface area (Å²) in [7, 11) is 0. The number of benzene rings is 1. The predicted molar refractivity (Wildman–Crippen MR) is 72.4 cm³/mol. The second-order valence-electron chi connectivity index (χ2n) is 4.56. The predicted octanol–water partition coefficient (Wildman–Crippen LogP) is 3.24. The summed E-state index contributed by atoms with van der Waals surface area (Å²) >= 11 is 0. The molecule has 2 heterocycles. The first-order valence-corrected chi connectivity index (χ1v) is 6.46. The van der Waals surface area contributed by atoms with Crippen molar-refractivity contribution in [2.45, 2.75) is 32.6 Å². The first-order chi connectivity index (χ1) is 8.88. The van der Waals surface area contributed by atoms with Crippen molar-refractivity contribution >= 4 is 21.9 Å². The summed E-state index contributed by atoms with van der Waals surface area (Å²) in [4.78, 5) is 16.4. The molecule has 0 atom stereocenters. The third-order valence-electron chi connectivity index (χ3n) is 3.19. The van der Waals surface area contributed by atoms with Crippen LogP contribution < -0.4 is 0 Å². The lowest BCUT2D eigenvalue weighted by Gasteiger charge is -1.94. The zero-order valence-electron chi connectivity index (χ0n) is 10.5. The Balaban J connectivity index is 2.03. The molecular weight excluding hydrogens is 224 g/mol. The molecule has 0 saturated heterocycles. The van der Waals surface area contributed by atoms with Crippen LogP contribution in [0.5, 0.6) is 0 Å². The van der Waals surface area contributed by atoms with Crippen molar-refractivity contribution < 1.29 is 0 Å². The van der Waals surface area contributed by atoms with Crippen LogP contribution in [-0.4, -0.2) is 19.9 Å². The summed E-state index contributed by atoms with van der Waals surface area (Å²) in [6.07, 6.45) is 8.08. The minimum absolute atomic E-state index is 0.931. The number of aromatic nitrogens is 4. The van der Waals surface area contributed by atoms with Crippen LogP contribution in [0.4, 0.5) is 0 Å². The molecule has 0 fully saturated rings. The molecule has 0 aliphatic heterocycles. The van der Waals surface area contributed by atoms with Crippen LogP contribution in [0, 0.1) is 0 Å². The van der Waals surface area contributed by atoms with E-state index in [9.17, 15) is 0 Å². The standard InChI is InChI=1S/C14H16N4/c1-2-3-4-5-12-17-11-7-6-10-8-15-9-16-13(10)14(11)18-12/h6-9H,2-5H2,1H3,(H,17,18). The number of fused-ring (bicyclic) bond motifs is 3. The summed E-state index contributed by atoms with van der Waals surface area (Å²) in [6.45, 7) is 2.21. The Morgan fingerprint density at radius 1 is 1.17 bits per heavy atom. The molecule has 0 unspecified atom stereocenters. The Bertz CT molecular complexity index is 672. The maximum absolute atomic E-state index is 4.67. The third-order valence-corrected chi connectivity index (χ3v) is 3.19. The molecule has 1 N–H and O–H groups in total. The molecule has 3 aromatic rings. The van der Waals surface area contributed by atoms with Gasteiger partial charge >= 0.3 is 0 Å². The van der Waals surface area contributed by atoms with Gasteiger partial charge in [0.05, 0.1) is 5.52 Å². The minimum atomic E-state index is 0.931. The summed E-state index contributed by atoms with van der Waals surface area (Å²) < 4.78 is 0. The van der Waals surface area contributed by atoms with E-state index < -0.39 is 0 Å². The number of imidazole rings is 1. The lowest BCUT2D eigenvalue weighted by atomic mass is 10.2. The molecule has 0 aliphatic carbocycles. The van der Waals surface area contributed by atoms with Gasteiger partial charge in [-0.25, -0.2) is 15.0 Å². The normalized spacial score (nSPS) is 11.4. The summed E-state index contributed by atoms with van der Waals surface area (Å²) in [6, 6.07) is 4.09. The highest BCUT2D eigenvalue weighted by Crippen LogP contribution is 2.21. The maximum atomic E-state index is 4.67. The van der Waals surface area contributed by atoms with Crippen molar-refractivity contribution in [1.29, 1.82) is 0 Å². The van der Waals surface area contributed by atoms with Gasteiger partial charge in [-0.2, -0.15) is 0 Å². The number of aryl methyl sites for hydroxylation is 1. The van der Waals surface area contributed by atoms with Crippen LogP contribution in [-0.2, 0) is 6.42 Å². The first kappa shape index (κ1) is 11.1. The second kappa shape index (κ2) is 4.72. The Morgan fingerprint density at radius 2 is 2.11 bits per heavy atom. The van der Waals surface area contributed by atoms with Gasteiger partial charge in [-0.3, -0.25) is 0 Å². The number of nitrogens with zero attached hydrogens (tertiary/aromatic N) is 3. The highest BCUT2D eigenvalue weighted by molar-refractivity contribution is 6.01. The highest BCUT2D eigenvalue weighted by Gasteiger charge is 2.07. The van der Waals surface area contributed by atoms with E-state index in [0.717, 1.165) is 34.2 Å². The van der Waals surface area contributed by atoms with Gasteiger partial charge in [0.15, 0.2) is 0 Å². The Hall–Kier alpha value is -1.97. The maximum Gasteiger partial charge on any atom is 0.116 e. The quantitative estimate of drug-likeness (QED) is 0.712. The summed E-state index contributed by atoms with van der Waals surface area (Å²) in [5.41, 5.74) is 2.95. The molecule has 3 rings (SSSR count). The van der Waals surface area contributed by atoms with Crippen LogP contribution in [0.1, 0.15) is 32.0 Å². The third kappa shape index (κ3) is 1.94. The number of hydrogen-bond donors (Lipinski definition) is 1. The van der Waals surface area contributed by atoms with E-state index in [1.807, 2.05) is 12.3 Å². The number of aromatic amines is 1. The van der Waals surface area contributed by atoms with E-state index in [1.165, 1.54) is 19.3 Å². The van der Waals surface area contributed by atoms with Gasteiger partial charge in [-0.05, 0) is 18.6 Å². The van der Waals surface area contributed by atoms with Crippen molar-refractivity contribution in [1.82, 2.24) is 19.9 Å². The smallest absolute Gasteiger partial charge is 0.116 e. The van der Waals surface area contributed by atoms with Crippen LogP contribution in [0.15, 0.2) is 24.7 Å². The molecule has 18 heavy (non-hydrogen) atoms. The molecule has 4 nitrogen and oxygen atoms in total. The number of hydrogen-bond acceptors (Lipinski definition) is 3. The van der Waals surface area contributed by atoms with E-state index in [0.29, 0.717) is 0 Å². The largest absolute Gasteiger partial charge is 0.342 e. The minimum Gasteiger partial charge on any atom is -0.342 e. The Morgan fingerprint density at radius 3 is 3.00 bits per heavy atom. The fourth-order valence-corrected chi connectivity index (χ4v) is 2.23. The van der Waals surface area contributed by atoms with E-state index in [4.69, 9.17) is 0 Å². The number of nitrogens with one attached hydrogen (secondary N) is 1. The number of unbranched alkanes of at least 4 members (excludes halogenated alkanes) is 2. The average Bonchev–Trinajstić information content (AvgIpc) is 2.82. The fraction of sp³-hybridized carbons (Fsp3) is 0.357. The summed E-state index contributed by atoms with van der Waals surface area (Å²) in [5, 5.41) is 1.04. The molecule has 2 aromatic heterocycles. The van der Waals surface area contributed by atoms with E-state index in [2.05, 4.69) is 32.9 Å². The summed E-state index contributed by atoms with van der Waals surface area (Å²) in [5.74, 6) is 1.06. The van der Waals surface area contributed by atoms with Gasteiger partial charge in [0.2, 0.25) is 0 Å². The first-order valence-electron chi connectivity index (χ1n) is 6.46. The molecule has 4 heteroatoms. The topological polar surface area (TPSA) is 54.5 Å². The molecule has 0 spiro atoms. The second-order valence-corrected chi connectivity index (χ2v) is 4.56. The van der Waals surface area contributed by atoms with Crippen molar-refractivity contribution in [3.05, 3.63) is 30.5 Å². The molecule has 0 radical (unpaired) electrons. The molecule has 0 saturated carbocycles. The molecule has 92 valence electrons. The van der Waals surface area contributed by atoms with E-state index in [-0.39, 0.29) is 0 Å². The molecule has 1 aromatic carbocycles. The zero-order chi connectivity index (χ0) is 12.4. The van der Waals surface area contributed by atoms with Gasteiger partial charge in [0, 0.05) is 18.0 Å². The van der Waals surface area contributed by atoms with Gasteiger partial charge in [0.1, 0.15) is 23.2 Å². The number of rotatable bonds is 4. The zero-order valence-corrected chi connectivity index (χ0v) is 10.5. The molecule has 0 amide bonds. The van der Waals surface area contributed by atoms with Crippen LogP contribution in [0.25, 0.3) is 21.9 Å². The molecule has 0 bridgehead atoms. The van der Waals surface area contributed by atoms with Gasteiger partial charge in [-0.15, -0.1) is 0 Å². The van der Waals surface area contributed by atoms with Crippen LogP contribution in [0.3, 0.4) is 0 Å². The lowest BCUT2D eigenvalue weighted by Crippen LogP contribution is -1.87. The van der Waals surface area contributed by atoms with Crippen molar-refractivity contribution in [2.75, 3.05) is 0 Å². The van der Waals surface area contributed by atoms with Crippen molar-refractivity contribution in [2.24, 2.45) is 0 Å².